The van der Waals surface area contributed by atoms with E-state index in [0.29, 0.717) is 26.6 Å². The summed E-state index contributed by atoms with van der Waals surface area (Å²) in [5, 5.41) is 1.61. The lowest BCUT2D eigenvalue weighted by molar-refractivity contribution is 0.224. The van der Waals surface area contributed by atoms with Gasteiger partial charge in [-0.2, -0.15) is 0 Å². The number of imidazole rings is 1. The van der Waals surface area contributed by atoms with Crippen LogP contribution in [0.25, 0.3) is 18.1 Å². The molecule has 2 heterocycles. The number of benzene rings is 2. The summed E-state index contributed by atoms with van der Waals surface area (Å²) in [6.07, 6.45) is 2.80. The second kappa shape index (κ2) is 6.83. The van der Waals surface area contributed by atoms with Gasteiger partial charge in [-0.25, -0.2) is 0 Å². The zero-order valence-electron chi connectivity index (χ0n) is 14.7. The summed E-state index contributed by atoms with van der Waals surface area (Å²) in [6.45, 7) is 0. The van der Waals surface area contributed by atoms with Crippen molar-refractivity contribution in [3.63, 3.8) is 0 Å². The fourth-order valence-corrected chi connectivity index (χ4v) is 3.63. The van der Waals surface area contributed by atoms with Crippen LogP contribution in [0.5, 0.6) is 0 Å². The fraction of sp³-hybridized carbons (Fsp3) is 0.150. The van der Waals surface area contributed by atoms with Crippen LogP contribution in [0, 0.1) is 0 Å². The predicted molar refractivity (Wildman–Crippen MR) is 108 cm³/mol. The van der Waals surface area contributed by atoms with E-state index in [2.05, 4.69) is 4.98 Å². The molecule has 1 unspecified atom stereocenters. The molecule has 5 nitrogen and oxygen atoms in total. The highest BCUT2D eigenvalue weighted by molar-refractivity contribution is 6.31. The van der Waals surface area contributed by atoms with Crippen molar-refractivity contribution in [2.45, 2.75) is 6.10 Å². The molecule has 7 heteroatoms. The van der Waals surface area contributed by atoms with Gasteiger partial charge in [0.2, 0.25) is 0 Å². The van der Waals surface area contributed by atoms with Gasteiger partial charge < -0.3 is 14.6 Å². The molecule has 27 heavy (non-hydrogen) atoms. The van der Waals surface area contributed by atoms with Crippen molar-refractivity contribution in [1.82, 2.24) is 14.5 Å². The van der Waals surface area contributed by atoms with Crippen LogP contribution in [0.2, 0.25) is 10.0 Å². The molecule has 1 N–H and O–H groups in total. The number of fused-ring (bicyclic) bond motifs is 3. The number of halogens is 2. The van der Waals surface area contributed by atoms with Gasteiger partial charge in [0.1, 0.15) is 11.6 Å². The van der Waals surface area contributed by atoms with Crippen LogP contribution in [-0.4, -0.2) is 28.5 Å². The van der Waals surface area contributed by atoms with Crippen molar-refractivity contribution in [2.24, 2.45) is 0 Å². The van der Waals surface area contributed by atoms with Crippen LogP contribution in [0.3, 0.4) is 0 Å². The maximum atomic E-state index is 13.0. The highest BCUT2D eigenvalue weighted by Gasteiger charge is 2.25. The van der Waals surface area contributed by atoms with Gasteiger partial charge >= 0.3 is 0 Å². The number of aromatic amines is 1. The summed E-state index contributed by atoms with van der Waals surface area (Å²) in [7, 11) is 3.72. The number of nitrogens with one attached hydrogen (secondary N) is 1. The minimum Gasteiger partial charge on any atom is -0.485 e. The van der Waals surface area contributed by atoms with Crippen molar-refractivity contribution in [2.75, 3.05) is 14.1 Å². The molecule has 4 rings (SSSR count). The Bertz CT molecular complexity index is 1190. The van der Waals surface area contributed by atoms with Crippen LogP contribution in [-0.2, 0) is 4.74 Å². The topological polar surface area (TPSA) is 50.3 Å². The van der Waals surface area contributed by atoms with Gasteiger partial charge in [0.25, 0.3) is 5.56 Å². The lowest BCUT2D eigenvalue weighted by atomic mass is 9.99. The molecule has 138 valence electrons. The number of hydrogen-bond donors (Lipinski definition) is 1. The molecule has 0 bridgehead atoms. The van der Waals surface area contributed by atoms with E-state index < -0.39 is 6.10 Å². The van der Waals surface area contributed by atoms with Crippen molar-refractivity contribution in [3.8, 4) is 5.69 Å². The van der Waals surface area contributed by atoms with E-state index in [1.165, 1.54) is 0 Å². The maximum Gasteiger partial charge on any atom is 0.282 e. The first-order valence-electron chi connectivity index (χ1n) is 8.35. The van der Waals surface area contributed by atoms with E-state index in [-0.39, 0.29) is 5.56 Å². The average Bonchev–Trinajstić information content (AvgIpc) is 2.83. The van der Waals surface area contributed by atoms with E-state index in [1.807, 2.05) is 55.4 Å². The largest absolute Gasteiger partial charge is 0.485 e. The molecule has 2 aromatic carbocycles. The number of aromatic nitrogens is 2. The molecule has 0 aliphatic carbocycles. The molecule has 1 aliphatic heterocycles. The fourth-order valence-electron chi connectivity index (χ4n) is 3.22. The van der Waals surface area contributed by atoms with Crippen LogP contribution in [0.1, 0.15) is 17.2 Å². The van der Waals surface area contributed by atoms with Gasteiger partial charge in [-0.3, -0.25) is 9.36 Å². The van der Waals surface area contributed by atoms with Crippen LogP contribution >= 0.6 is 23.2 Å². The number of nitrogens with zero attached hydrogens (tertiary/aromatic N) is 2. The lowest BCUT2D eigenvalue weighted by Crippen LogP contribution is -2.31. The van der Waals surface area contributed by atoms with Gasteiger partial charge in [0.15, 0.2) is 11.6 Å². The van der Waals surface area contributed by atoms with E-state index >= 15 is 0 Å². The Balaban J connectivity index is 2.02. The highest BCUT2D eigenvalue weighted by atomic mass is 35.5. The number of rotatable bonds is 2. The van der Waals surface area contributed by atoms with E-state index in [1.54, 1.807) is 23.1 Å². The van der Waals surface area contributed by atoms with E-state index in [4.69, 9.17) is 27.9 Å². The van der Waals surface area contributed by atoms with Crippen LogP contribution < -0.4 is 16.4 Å². The first kappa shape index (κ1) is 17.8. The van der Waals surface area contributed by atoms with Gasteiger partial charge in [0, 0.05) is 41.5 Å². The molecule has 3 aromatic rings. The van der Waals surface area contributed by atoms with E-state index in [9.17, 15) is 4.79 Å². The molecule has 0 radical (unpaired) electrons. The van der Waals surface area contributed by atoms with Crippen molar-refractivity contribution >= 4 is 35.7 Å². The molecule has 0 amide bonds. The Morgan fingerprint density at radius 2 is 1.93 bits per heavy atom. The average molecular weight is 402 g/mol. The smallest absolute Gasteiger partial charge is 0.282 e. The number of hydrogen-bond acceptors (Lipinski definition) is 3. The molecule has 0 saturated heterocycles. The van der Waals surface area contributed by atoms with Gasteiger partial charge in [-0.1, -0.05) is 41.4 Å². The van der Waals surface area contributed by atoms with Crippen molar-refractivity contribution in [3.05, 3.63) is 84.8 Å². The zero-order chi connectivity index (χ0) is 19.1. The quantitative estimate of drug-likeness (QED) is 0.717. The molecular weight excluding hydrogens is 385 g/mol. The molecular formula is C20H17Cl2N3O2. The monoisotopic (exact) mass is 401 g/mol. The minimum atomic E-state index is -0.485. The van der Waals surface area contributed by atoms with E-state index in [0.717, 1.165) is 11.1 Å². The maximum absolute atomic E-state index is 13.0. The minimum absolute atomic E-state index is 0.165. The van der Waals surface area contributed by atoms with Gasteiger partial charge in [-0.15, -0.1) is 0 Å². The number of H-pyrrole nitrogens is 1. The summed E-state index contributed by atoms with van der Waals surface area (Å²) >= 11 is 12.7. The number of ether oxygens (including phenoxy) is 1. The van der Waals surface area contributed by atoms with Crippen LogP contribution in [0.4, 0.5) is 0 Å². The zero-order valence-corrected chi connectivity index (χ0v) is 16.3. The Labute approximate surface area is 165 Å². The highest BCUT2D eigenvalue weighted by Crippen LogP contribution is 2.36. The summed E-state index contributed by atoms with van der Waals surface area (Å²) < 4.78 is 7.66. The standard InChI is InChI=1S/C20H17Cl2N3O2/c1-24(2)10-16-20(26)25-17-8-7-12(21)9-14(17)19(27-11-18(25)23-16)13-5-3-4-6-15(13)22/h3-11,19,23H,1-2H3. The summed E-state index contributed by atoms with van der Waals surface area (Å²) in [5.74, 6) is 0. The summed E-state index contributed by atoms with van der Waals surface area (Å²) in [4.78, 5) is 17.9. The second-order valence-electron chi connectivity index (χ2n) is 6.52. The van der Waals surface area contributed by atoms with Crippen molar-refractivity contribution in [1.29, 1.82) is 0 Å². The van der Waals surface area contributed by atoms with Crippen LogP contribution in [0.15, 0.2) is 47.3 Å². The Morgan fingerprint density at radius 3 is 2.67 bits per heavy atom. The molecule has 1 aliphatic rings. The Morgan fingerprint density at radius 1 is 1.15 bits per heavy atom. The molecule has 1 aromatic heterocycles. The van der Waals surface area contributed by atoms with Gasteiger partial charge in [0.05, 0.1) is 5.69 Å². The SMILES string of the molecule is CN(C)C=c1[nH]c2n(c1=O)-c1ccc(Cl)cc1C(c1ccccc1Cl)OC=2. The third-order valence-electron chi connectivity index (χ3n) is 4.34. The third-order valence-corrected chi connectivity index (χ3v) is 4.92. The predicted octanol–water partition coefficient (Wildman–Crippen LogP) is 2.63. The van der Waals surface area contributed by atoms with Gasteiger partial charge in [-0.05, 0) is 24.3 Å². The molecule has 1 atom stereocenters. The molecule has 0 spiro atoms. The summed E-state index contributed by atoms with van der Waals surface area (Å²) in [5.41, 5.74) is 2.65. The van der Waals surface area contributed by atoms with Crippen molar-refractivity contribution < 1.29 is 4.74 Å². The lowest BCUT2D eigenvalue weighted by Gasteiger charge is -2.20. The Kier molecular flexibility index (Phi) is 4.50. The normalized spacial score (nSPS) is 16.0. The summed E-state index contributed by atoms with van der Waals surface area (Å²) in [6, 6.07) is 12.9. The first-order chi connectivity index (χ1) is 13.0. The third kappa shape index (κ3) is 3.13. The molecule has 0 saturated carbocycles. The first-order valence-corrected chi connectivity index (χ1v) is 9.10. The second-order valence-corrected chi connectivity index (χ2v) is 7.36. The molecule has 0 fully saturated rings. The Hall–Kier alpha value is -2.63.